The molecule has 0 spiro atoms. The number of aromatic nitrogens is 5. The van der Waals surface area contributed by atoms with Crippen LogP contribution in [0.2, 0.25) is 0 Å². The molecule has 3 aromatic heterocycles. The molecular weight excluding hydrogens is 392 g/mol. The number of rotatable bonds is 8. The normalized spacial score (nSPS) is 12.4. The zero-order valence-corrected chi connectivity index (χ0v) is 17.6. The summed E-state index contributed by atoms with van der Waals surface area (Å²) in [7, 11) is 0. The van der Waals surface area contributed by atoms with Gasteiger partial charge in [0.1, 0.15) is 6.10 Å². The molecule has 1 aromatic carbocycles. The van der Waals surface area contributed by atoms with Gasteiger partial charge < -0.3 is 10.4 Å². The summed E-state index contributed by atoms with van der Waals surface area (Å²) in [5.74, 6) is 0.520. The Morgan fingerprint density at radius 1 is 1.13 bits per heavy atom. The average molecular weight is 419 g/mol. The second kappa shape index (κ2) is 9.09. The Balaban J connectivity index is 1.69. The third-order valence-electron chi connectivity index (χ3n) is 5.18. The van der Waals surface area contributed by atoms with Gasteiger partial charge in [-0.05, 0) is 29.5 Å². The number of H-pyrrole nitrogens is 1. The van der Waals surface area contributed by atoms with Crippen molar-refractivity contribution in [2.45, 2.75) is 38.7 Å². The quantitative estimate of drug-likeness (QED) is 0.406. The van der Waals surface area contributed by atoms with Crippen LogP contribution in [0.4, 0.5) is 5.82 Å². The Morgan fingerprint density at radius 2 is 1.90 bits per heavy atom. The maximum atomic E-state index is 12.6. The van der Waals surface area contributed by atoms with Crippen LogP contribution in [0.1, 0.15) is 48.4 Å². The Labute approximate surface area is 180 Å². The summed E-state index contributed by atoms with van der Waals surface area (Å²) in [4.78, 5) is 21.6. The van der Waals surface area contributed by atoms with Crippen molar-refractivity contribution in [3.05, 3.63) is 87.9 Å². The molecule has 4 aromatic rings. The van der Waals surface area contributed by atoms with Crippen LogP contribution in [0.5, 0.6) is 0 Å². The lowest BCUT2D eigenvalue weighted by Crippen LogP contribution is -2.22. The van der Waals surface area contributed by atoms with Crippen LogP contribution in [0.15, 0.2) is 59.7 Å². The summed E-state index contributed by atoms with van der Waals surface area (Å²) in [6.45, 7) is 4.60. The second-order valence-electron chi connectivity index (χ2n) is 7.82. The Hall–Kier alpha value is -3.52. The van der Waals surface area contributed by atoms with Gasteiger partial charge in [-0.3, -0.25) is 4.98 Å². The van der Waals surface area contributed by atoms with E-state index in [0.717, 1.165) is 17.5 Å². The van der Waals surface area contributed by atoms with Crippen molar-refractivity contribution in [1.29, 1.82) is 0 Å². The summed E-state index contributed by atoms with van der Waals surface area (Å²) in [5.41, 5.74) is 3.21. The van der Waals surface area contributed by atoms with Crippen LogP contribution < -0.4 is 11.0 Å². The third kappa shape index (κ3) is 4.49. The Bertz CT molecular complexity index is 1200. The van der Waals surface area contributed by atoms with Gasteiger partial charge in [-0.2, -0.15) is 0 Å². The number of hydrogen-bond acceptors (Lipinski definition) is 6. The van der Waals surface area contributed by atoms with Crippen molar-refractivity contribution in [3.63, 3.8) is 0 Å². The molecule has 160 valence electrons. The monoisotopic (exact) mass is 418 g/mol. The first-order valence-electron chi connectivity index (χ1n) is 10.4. The number of nitrogens with one attached hydrogen (secondary N) is 2. The highest BCUT2D eigenvalue weighted by Crippen LogP contribution is 2.28. The first-order valence-corrected chi connectivity index (χ1v) is 10.4. The maximum Gasteiger partial charge on any atom is 0.348 e. The molecule has 8 nitrogen and oxygen atoms in total. The van der Waals surface area contributed by atoms with Gasteiger partial charge in [-0.1, -0.05) is 50.2 Å². The summed E-state index contributed by atoms with van der Waals surface area (Å²) in [6, 6.07) is 13.6. The topological polar surface area (TPSA) is 108 Å². The van der Waals surface area contributed by atoms with Crippen molar-refractivity contribution in [2.24, 2.45) is 0 Å². The van der Waals surface area contributed by atoms with Crippen LogP contribution in [-0.4, -0.2) is 36.2 Å². The first kappa shape index (κ1) is 20.7. The molecule has 1 unspecified atom stereocenters. The van der Waals surface area contributed by atoms with E-state index in [2.05, 4.69) is 20.5 Å². The lowest BCUT2D eigenvalue weighted by Gasteiger charge is -2.20. The SMILES string of the molecule is CC(C)c1nc(NCCc2cccnc2)c2n[nH]c(=O)n2c1C(O)Cc1ccccc1. The van der Waals surface area contributed by atoms with Crippen molar-refractivity contribution in [2.75, 3.05) is 11.9 Å². The number of pyridine rings is 1. The van der Waals surface area contributed by atoms with Gasteiger partial charge in [0.05, 0.1) is 11.4 Å². The highest BCUT2D eigenvalue weighted by Gasteiger charge is 2.25. The van der Waals surface area contributed by atoms with E-state index in [1.54, 1.807) is 6.20 Å². The van der Waals surface area contributed by atoms with E-state index in [9.17, 15) is 9.90 Å². The minimum absolute atomic E-state index is 0.00509. The molecule has 0 fully saturated rings. The summed E-state index contributed by atoms with van der Waals surface area (Å²) < 4.78 is 1.45. The molecule has 0 amide bonds. The fourth-order valence-corrected chi connectivity index (χ4v) is 3.69. The molecule has 4 rings (SSSR count). The number of nitrogens with zero attached hydrogens (tertiary/aromatic N) is 4. The zero-order chi connectivity index (χ0) is 21.8. The number of aliphatic hydroxyl groups excluding tert-OH is 1. The zero-order valence-electron chi connectivity index (χ0n) is 17.6. The molecule has 8 heteroatoms. The van der Waals surface area contributed by atoms with E-state index >= 15 is 0 Å². The smallest absolute Gasteiger partial charge is 0.348 e. The molecule has 0 aliphatic rings. The largest absolute Gasteiger partial charge is 0.386 e. The van der Waals surface area contributed by atoms with E-state index in [1.807, 2.05) is 62.5 Å². The predicted octanol–water partition coefficient (Wildman–Crippen LogP) is 2.87. The van der Waals surface area contributed by atoms with Crippen molar-refractivity contribution >= 4 is 11.5 Å². The summed E-state index contributed by atoms with van der Waals surface area (Å²) in [6.07, 6.45) is 3.81. The molecule has 1 atom stereocenters. The minimum atomic E-state index is -0.894. The average Bonchev–Trinajstić information content (AvgIpc) is 3.16. The number of benzene rings is 1. The molecule has 0 aliphatic heterocycles. The number of anilines is 1. The highest BCUT2D eigenvalue weighted by molar-refractivity contribution is 5.63. The third-order valence-corrected chi connectivity index (χ3v) is 5.18. The lowest BCUT2D eigenvalue weighted by atomic mass is 9.99. The molecule has 3 heterocycles. The second-order valence-corrected chi connectivity index (χ2v) is 7.82. The van der Waals surface area contributed by atoms with Crippen LogP contribution >= 0.6 is 0 Å². The van der Waals surface area contributed by atoms with E-state index in [0.29, 0.717) is 35.8 Å². The number of aromatic amines is 1. The number of hydrogen-bond donors (Lipinski definition) is 3. The lowest BCUT2D eigenvalue weighted by molar-refractivity contribution is 0.169. The van der Waals surface area contributed by atoms with Crippen molar-refractivity contribution < 1.29 is 5.11 Å². The van der Waals surface area contributed by atoms with Gasteiger partial charge in [0.2, 0.25) is 5.65 Å². The van der Waals surface area contributed by atoms with Crippen molar-refractivity contribution in [3.8, 4) is 0 Å². The summed E-state index contributed by atoms with van der Waals surface area (Å²) in [5, 5.41) is 21.1. The maximum absolute atomic E-state index is 12.6. The standard InChI is InChI=1S/C23H26N6O2/c1-15(2)19-20(18(30)13-16-7-4-3-5-8-16)29-22(27-28-23(29)31)21(26-19)25-12-10-17-9-6-11-24-14-17/h3-9,11,14-15,18,30H,10,12-13H2,1-2H3,(H,25,26)(H,28,31). The molecule has 0 saturated heterocycles. The van der Waals surface area contributed by atoms with Gasteiger partial charge in [0, 0.05) is 25.4 Å². The molecule has 0 radical (unpaired) electrons. The van der Waals surface area contributed by atoms with E-state index in [-0.39, 0.29) is 5.92 Å². The van der Waals surface area contributed by atoms with Gasteiger partial charge in [0.15, 0.2) is 5.82 Å². The predicted molar refractivity (Wildman–Crippen MR) is 119 cm³/mol. The van der Waals surface area contributed by atoms with E-state index in [1.165, 1.54) is 4.40 Å². The van der Waals surface area contributed by atoms with E-state index < -0.39 is 11.8 Å². The Kier molecular flexibility index (Phi) is 6.08. The number of fused-ring (bicyclic) bond motifs is 1. The van der Waals surface area contributed by atoms with Crippen LogP contribution in [-0.2, 0) is 12.8 Å². The minimum Gasteiger partial charge on any atom is -0.386 e. The highest BCUT2D eigenvalue weighted by atomic mass is 16.3. The number of aliphatic hydroxyl groups is 1. The van der Waals surface area contributed by atoms with Gasteiger partial charge >= 0.3 is 5.69 Å². The molecule has 31 heavy (non-hydrogen) atoms. The van der Waals surface area contributed by atoms with Crippen molar-refractivity contribution in [1.82, 2.24) is 24.6 Å². The Morgan fingerprint density at radius 3 is 2.61 bits per heavy atom. The van der Waals surface area contributed by atoms with Gasteiger partial charge in [-0.25, -0.2) is 19.3 Å². The van der Waals surface area contributed by atoms with Gasteiger partial charge in [-0.15, -0.1) is 5.10 Å². The molecule has 3 N–H and O–H groups in total. The van der Waals surface area contributed by atoms with Crippen LogP contribution in [0, 0.1) is 0 Å². The molecule has 0 saturated carbocycles. The fraction of sp³-hybridized carbons (Fsp3) is 0.304. The van der Waals surface area contributed by atoms with Gasteiger partial charge in [0.25, 0.3) is 0 Å². The fourth-order valence-electron chi connectivity index (χ4n) is 3.69. The van der Waals surface area contributed by atoms with E-state index in [4.69, 9.17) is 4.98 Å². The van der Waals surface area contributed by atoms with Crippen LogP contribution in [0.3, 0.4) is 0 Å². The van der Waals surface area contributed by atoms with Crippen LogP contribution in [0.25, 0.3) is 5.65 Å². The molecule has 0 bridgehead atoms. The summed E-state index contributed by atoms with van der Waals surface area (Å²) >= 11 is 0. The molecular formula is C23H26N6O2. The first-order chi connectivity index (χ1) is 15.0. The molecule has 0 aliphatic carbocycles.